The van der Waals surface area contributed by atoms with Crippen LogP contribution < -0.4 is 5.32 Å². The van der Waals surface area contributed by atoms with Crippen LogP contribution in [0.15, 0.2) is 0 Å². The zero-order chi connectivity index (χ0) is 41.4. The maximum atomic E-state index is 13.1. The summed E-state index contributed by atoms with van der Waals surface area (Å²) in [5, 5.41) is 13.4. The van der Waals surface area contributed by atoms with E-state index >= 15 is 0 Å². The van der Waals surface area contributed by atoms with Crippen LogP contribution in [0.3, 0.4) is 0 Å². The Morgan fingerprint density at radius 2 is 0.842 bits per heavy atom. The van der Waals surface area contributed by atoms with Gasteiger partial charge in [-0.1, -0.05) is 182 Å². The summed E-state index contributed by atoms with van der Waals surface area (Å²) in [5.41, 5.74) is 0. The first-order chi connectivity index (χ1) is 28.0. The Balaban J connectivity index is 2.44. The lowest BCUT2D eigenvalue weighted by atomic mass is 9.94. The molecule has 0 aromatic carbocycles. The largest absolute Gasteiger partial charge is 0.465 e. The van der Waals surface area contributed by atoms with Gasteiger partial charge in [0.2, 0.25) is 0 Å². The number of esters is 2. The van der Waals surface area contributed by atoms with Crippen molar-refractivity contribution in [1.29, 1.82) is 0 Å². The first kappa shape index (κ1) is 53.8. The normalized spacial score (nSPS) is 16.2. The van der Waals surface area contributed by atoms with Crippen LogP contribution >= 0.6 is 0 Å². The predicted octanol–water partition coefficient (Wildman–Crippen LogP) is 13.3. The molecule has 7 heteroatoms. The number of ether oxygens (including phenoxy) is 2. The van der Waals surface area contributed by atoms with E-state index in [2.05, 4.69) is 37.9 Å². The Morgan fingerprint density at radius 3 is 1.19 bits per heavy atom. The molecule has 2 atom stereocenters. The number of aliphatic hydroxyl groups is 1. The van der Waals surface area contributed by atoms with Gasteiger partial charge in [-0.15, -0.1) is 0 Å². The smallest absolute Gasteiger partial charge is 0.308 e. The van der Waals surface area contributed by atoms with Crippen LogP contribution in [-0.4, -0.2) is 73.5 Å². The van der Waals surface area contributed by atoms with Crippen molar-refractivity contribution in [1.82, 2.24) is 10.2 Å². The predicted molar refractivity (Wildman–Crippen MR) is 243 cm³/mol. The van der Waals surface area contributed by atoms with Crippen LogP contribution in [0, 0.1) is 11.8 Å². The van der Waals surface area contributed by atoms with Crippen LogP contribution in [-0.2, 0) is 19.1 Å². The summed E-state index contributed by atoms with van der Waals surface area (Å²) < 4.78 is 11.8. The molecule has 338 valence electrons. The number of nitrogens with zero attached hydrogens (tertiary/aromatic N) is 1. The summed E-state index contributed by atoms with van der Waals surface area (Å²) in [5.74, 6) is 0.279. The standard InChI is InChI=1S/C50H98N2O5/c1-5-9-13-17-23-33-45(34-24-18-14-10-6-2)49(54)56-41-31-21-27-37-47-43-52(39-29-30-40-53)44-48(51-47)38-28-22-32-42-57-50(55)46(35-25-19-15-11-7-3)36-26-20-16-12-8-4/h45-48,51,53H,5-44H2,1-4H3. The lowest BCUT2D eigenvalue weighted by molar-refractivity contribution is -0.150. The number of carbonyl (C=O) groups is 2. The highest BCUT2D eigenvalue weighted by atomic mass is 16.5. The Labute approximate surface area is 354 Å². The van der Waals surface area contributed by atoms with Crippen molar-refractivity contribution >= 4 is 11.9 Å². The van der Waals surface area contributed by atoms with Crippen LogP contribution in [0.5, 0.6) is 0 Å². The lowest BCUT2D eigenvalue weighted by Gasteiger charge is -2.39. The molecule has 0 spiro atoms. The summed E-state index contributed by atoms with van der Waals surface area (Å²) in [6.07, 6.45) is 39.4. The molecule has 2 unspecified atom stereocenters. The molecule has 1 heterocycles. The number of unbranched alkanes of at least 4 members (excludes halogenated alkanes) is 21. The summed E-state index contributed by atoms with van der Waals surface area (Å²) in [7, 11) is 0. The molecule has 0 saturated carbocycles. The van der Waals surface area contributed by atoms with Gasteiger partial charge in [0.25, 0.3) is 0 Å². The van der Waals surface area contributed by atoms with Gasteiger partial charge < -0.3 is 24.8 Å². The molecule has 0 aromatic rings. The molecule has 1 fully saturated rings. The van der Waals surface area contributed by atoms with Crippen molar-refractivity contribution in [2.75, 3.05) is 39.5 Å². The summed E-state index contributed by atoms with van der Waals surface area (Å²) >= 11 is 0. The van der Waals surface area contributed by atoms with Crippen LogP contribution in [0.25, 0.3) is 0 Å². The second kappa shape index (κ2) is 40.2. The van der Waals surface area contributed by atoms with Crippen LogP contribution in [0.1, 0.15) is 246 Å². The van der Waals surface area contributed by atoms with Crippen molar-refractivity contribution < 1.29 is 24.2 Å². The SMILES string of the molecule is CCCCCCCC(CCCCCCC)C(=O)OCCCCCC1CN(CCCCO)CC(CCCCCOC(=O)C(CCCCCCC)CCCCCCC)N1. The molecular formula is C50H98N2O5. The zero-order valence-corrected chi connectivity index (χ0v) is 38.6. The Kier molecular flexibility index (Phi) is 38.0. The van der Waals surface area contributed by atoms with E-state index in [9.17, 15) is 14.7 Å². The van der Waals surface area contributed by atoms with Gasteiger partial charge in [0.05, 0.1) is 25.0 Å². The molecule has 1 aliphatic rings. The molecule has 0 aromatic heterocycles. The first-order valence-corrected chi connectivity index (χ1v) is 25.4. The highest BCUT2D eigenvalue weighted by molar-refractivity contribution is 5.72. The van der Waals surface area contributed by atoms with Gasteiger partial charge in [0.15, 0.2) is 0 Å². The molecule has 0 amide bonds. The fourth-order valence-electron chi connectivity index (χ4n) is 8.77. The highest BCUT2D eigenvalue weighted by Crippen LogP contribution is 2.23. The van der Waals surface area contributed by atoms with Crippen molar-refractivity contribution in [3.63, 3.8) is 0 Å². The second-order valence-electron chi connectivity index (χ2n) is 18.0. The summed E-state index contributed by atoms with van der Waals surface area (Å²) in [6, 6.07) is 0.958. The number of piperazine rings is 1. The number of hydrogen-bond donors (Lipinski definition) is 2. The summed E-state index contributed by atoms with van der Waals surface area (Å²) in [6.45, 7) is 13.6. The highest BCUT2D eigenvalue weighted by Gasteiger charge is 2.26. The van der Waals surface area contributed by atoms with Crippen molar-refractivity contribution in [2.45, 2.75) is 258 Å². The average Bonchev–Trinajstić information content (AvgIpc) is 3.21. The summed E-state index contributed by atoms with van der Waals surface area (Å²) in [4.78, 5) is 28.8. The minimum Gasteiger partial charge on any atom is -0.465 e. The van der Waals surface area contributed by atoms with Gasteiger partial charge >= 0.3 is 11.9 Å². The first-order valence-electron chi connectivity index (χ1n) is 25.4. The third kappa shape index (κ3) is 31.4. The van der Waals surface area contributed by atoms with E-state index in [1.165, 1.54) is 103 Å². The quantitative estimate of drug-likeness (QED) is 0.0469. The zero-order valence-electron chi connectivity index (χ0n) is 38.6. The van der Waals surface area contributed by atoms with E-state index in [4.69, 9.17) is 9.47 Å². The third-order valence-corrected chi connectivity index (χ3v) is 12.5. The average molecular weight is 807 g/mol. The Morgan fingerprint density at radius 1 is 0.491 bits per heavy atom. The number of hydrogen-bond acceptors (Lipinski definition) is 7. The molecule has 0 aliphatic carbocycles. The second-order valence-corrected chi connectivity index (χ2v) is 18.0. The molecule has 1 rings (SSSR count). The molecular weight excluding hydrogens is 709 g/mol. The third-order valence-electron chi connectivity index (χ3n) is 12.5. The van der Waals surface area contributed by atoms with Crippen LogP contribution in [0.2, 0.25) is 0 Å². The monoisotopic (exact) mass is 807 g/mol. The number of rotatable bonds is 42. The van der Waals surface area contributed by atoms with Gasteiger partial charge in [-0.25, -0.2) is 0 Å². The molecule has 1 saturated heterocycles. The molecule has 7 nitrogen and oxygen atoms in total. The molecule has 0 bridgehead atoms. The Bertz CT molecular complexity index is 795. The maximum Gasteiger partial charge on any atom is 0.308 e. The topological polar surface area (TPSA) is 88.1 Å². The van der Waals surface area contributed by atoms with E-state index in [0.717, 1.165) is 135 Å². The van der Waals surface area contributed by atoms with Crippen molar-refractivity contribution in [3.05, 3.63) is 0 Å². The fraction of sp³-hybridized carbons (Fsp3) is 0.960. The molecule has 2 N–H and O–H groups in total. The molecule has 0 radical (unpaired) electrons. The van der Waals surface area contributed by atoms with E-state index in [-0.39, 0.29) is 30.4 Å². The van der Waals surface area contributed by atoms with Crippen molar-refractivity contribution in [2.24, 2.45) is 11.8 Å². The minimum absolute atomic E-state index is 0.0555. The number of carbonyl (C=O) groups excluding carboxylic acids is 2. The van der Waals surface area contributed by atoms with Gasteiger partial charge in [-0.2, -0.15) is 0 Å². The lowest BCUT2D eigenvalue weighted by Crippen LogP contribution is -2.56. The fourth-order valence-corrected chi connectivity index (χ4v) is 8.77. The van der Waals surface area contributed by atoms with E-state index in [1.54, 1.807) is 0 Å². The Hall–Kier alpha value is -1.18. The maximum absolute atomic E-state index is 13.1. The molecule has 1 aliphatic heterocycles. The van der Waals surface area contributed by atoms with Crippen LogP contribution in [0.4, 0.5) is 0 Å². The number of aliphatic hydroxyl groups excluding tert-OH is 1. The van der Waals surface area contributed by atoms with E-state index < -0.39 is 0 Å². The van der Waals surface area contributed by atoms with E-state index in [1.807, 2.05) is 0 Å². The van der Waals surface area contributed by atoms with Gasteiger partial charge in [-0.3, -0.25) is 9.59 Å². The molecule has 57 heavy (non-hydrogen) atoms. The van der Waals surface area contributed by atoms with E-state index in [0.29, 0.717) is 25.3 Å². The van der Waals surface area contributed by atoms with Gasteiger partial charge in [-0.05, 0) is 70.8 Å². The van der Waals surface area contributed by atoms with Gasteiger partial charge in [0, 0.05) is 31.8 Å². The minimum atomic E-state index is 0.0555. The van der Waals surface area contributed by atoms with Gasteiger partial charge in [0.1, 0.15) is 0 Å². The van der Waals surface area contributed by atoms with Crippen molar-refractivity contribution in [3.8, 4) is 0 Å². The number of nitrogens with one attached hydrogen (secondary N) is 1.